The Hall–Kier alpha value is -0.690. The van der Waals surface area contributed by atoms with Gasteiger partial charge in [-0.25, -0.2) is 0 Å². The quantitative estimate of drug-likeness (QED) is 0.814. The van der Waals surface area contributed by atoms with Gasteiger partial charge in [0.05, 0.1) is 11.7 Å². The molecule has 0 aromatic heterocycles. The molecule has 3 aliphatic rings. The Balaban J connectivity index is 1.42. The molecule has 0 saturated carbocycles. The van der Waals surface area contributed by atoms with Crippen LogP contribution >= 0.6 is 0 Å². The number of hydrogen-bond donors (Lipinski definition) is 1. The van der Waals surface area contributed by atoms with Crippen molar-refractivity contribution in [1.82, 2.24) is 14.7 Å². The maximum Gasteiger partial charge on any atom is 0.223 e. The molecule has 0 bridgehead atoms. The first kappa shape index (κ1) is 18.1. The highest BCUT2D eigenvalue weighted by Gasteiger charge is 2.44. The minimum absolute atomic E-state index is 0.257. The van der Waals surface area contributed by atoms with Crippen molar-refractivity contribution in [2.75, 3.05) is 59.5 Å². The molecule has 6 nitrogen and oxygen atoms in total. The zero-order valence-electron chi connectivity index (χ0n) is 15.1. The van der Waals surface area contributed by atoms with E-state index in [0.717, 1.165) is 78.1 Å². The van der Waals surface area contributed by atoms with Crippen LogP contribution in [0, 0.1) is 0 Å². The Kier molecular flexibility index (Phi) is 6.13. The summed E-state index contributed by atoms with van der Waals surface area (Å²) in [4.78, 5) is 19.3. The average Bonchev–Trinajstić information content (AvgIpc) is 2.80. The highest BCUT2D eigenvalue weighted by atomic mass is 16.5. The van der Waals surface area contributed by atoms with Crippen LogP contribution in [0.5, 0.6) is 0 Å². The van der Waals surface area contributed by atoms with Gasteiger partial charge < -0.3 is 24.5 Å². The minimum Gasteiger partial charge on any atom is -0.390 e. The molecule has 3 aliphatic heterocycles. The molecule has 3 saturated heterocycles. The topological polar surface area (TPSA) is 56.2 Å². The van der Waals surface area contributed by atoms with Crippen molar-refractivity contribution >= 4 is 5.91 Å². The lowest BCUT2D eigenvalue weighted by Crippen LogP contribution is -2.56. The molecular weight excluding hydrogens is 306 g/mol. The number of carbonyl (C=O) groups is 1. The molecule has 0 aliphatic carbocycles. The Morgan fingerprint density at radius 1 is 1.12 bits per heavy atom. The lowest BCUT2D eigenvalue weighted by molar-refractivity contribution is -0.179. The number of amides is 1. The van der Waals surface area contributed by atoms with Crippen LogP contribution in [0.25, 0.3) is 0 Å². The number of aliphatic hydroxyl groups is 1. The minimum atomic E-state index is -0.385. The van der Waals surface area contributed by atoms with Crippen molar-refractivity contribution in [3.05, 3.63) is 0 Å². The van der Waals surface area contributed by atoms with E-state index in [-0.39, 0.29) is 17.6 Å². The van der Waals surface area contributed by atoms with Gasteiger partial charge in [0.15, 0.2) is 0 Å². The Labute approximate surface area is 145 Å². The van der Waals surface area contributed by atoms with Crippen LogP contribution in [-0.2, 0) is 9.53 Å². The fraction of sp³-hybridized carbons (Fsp3) is 0.944. The third-order valence-corrected chi connectivity index (χ3v) is 6.04. The number of nitrogens with zero attached hydrogens (tertiary/aromatic N) is 3. The number of ether oxygens (including phenoxy) is 1. The summed E-state index contributed by atoms with van der Waals surface area (Å²) in [6.45, 7) is 7.46. The van der Waals surface area contributed by atoms with Gasteiger partial charge in [-0.2, -0.15) is 0 Å². The molecular formula is C18H33N3O3. The van der Waals surface area contributed by atoms with Gasteiger partial charge in [0, 0.05) is 45.8 Å². The van der Waals surface area contributed by atoms with Gasteiger partial charge in [-0.05, 0) is 52.2 Å². The molecule has 24 heavy (non-hydrogen) atoms. The summed E-state index contributed by atoms with van der Waals surface area (Å²) in [5, 5.41) is 10.3. The van der Waals surface area contributed by atoms with Crippen LogP contribution < -0.4 is 0 Å². The first-order chi connectivity index (χ1) is 11.6. The summed E-state index contributed by atoms with van der Waals surface area (Å²) in [5.74, 6) is 0.257. The molecule has 1 N–H and O–H groups in total. The van der Waals surface area contributed by atoms with Crippen LogP contribution in [0.4, 0.5) is 0 Å². The van der Waals surface area contributed by atoms with Crippen molar-refractivity contribution in [2.24, 2.45) is 0 Å². The number of likely N-dealkylation sites (tertiary alicyclic amines) is 1. The molecule has 0 aromatic rings. The monoisotopic (exact) mass is 339 g/mol. The van der Waals surface area contributed by atoms with E-state index in [9.17, 15) is 9.90 Å². The SMILES string of the molecule is CN1CCCN(CCC(=O)N2CCC3(CC2)OCCCC3O)CC1. The van der Waals surface area contributed by atoms with E-state index in [4.69, 9.17) is 4.74 Å². The van der Waals surface area contributed by atoms with Gasteiger partial charge in [-0.15, -0.1) is 0 Å². The largest absolute Gasteiger partial charge is 0.390 e. The maximum atomic E-state index is 12.5. The van der Waals surface area contributed by atoms with Crippen LogP contribution in [0.2, 0.25) is 0 Å². The predicted octanol–water partition coefficient (Wildman–Crippen LogP) is 0.547. The zero-order chi connectivity index (χ0) is 17.0. The van der Waals surface area contributed by atoms with Gasteiger partial charge in [0.1, 0.15) is 0 Å². The Morgan fingerprint density at radius 2 is 1.92 bits per heavy atom. The van der Waals surface area contributed by atoms with Crippen LogP contribution in [0.1, 0.15) is 38.5 Å². The smallest absolute Gasteiger partial charge is 0.223 e. The summed E-state index contributed by atoms with van der Waals surface area (Å²) in [7, 11) is 2.17. The second kappa shape index (κ2) is 8.13. The molecule has 6 heteroatoms. The number of likely N-dealkylation sites (N-methyl/N-ethyl adjacent to an activating group) is 1. The molecule has 1 amide bonds. The van der Waals surface area contributed by atoms with Crippen molar-refractivity contribution in [2.45, 2.75) is 50.2 Å². The van der Waals surface area contributed by atoms with E-state index in [1.165, 1.54) is 6.42 Å². The summed E-state index contributed by atoms with van der Waals surface area (Å²) in [6.07, 6.45) is 4.75. The number of piperidine rings is 1. The van der Waals surface area contributed by atoms with E-state index in [0.29, 0.717) is 6.42 Å². The number of carbonyl (C=O) groups excluding carboxylic acids is 1. The molecule has 1 unspecified atom stereocenters. The number of rotatable bonds is 3. The second-order valence-corrected chi connectivity index (χ2v) is 7.70. The van der Waals surface area contributed by atoms with Gasteiger partial charge in [0.2, 0.25) is 5.91 Å². The third kappa shape index (κ3) is 4.28. The standard InChI is InChI=1S/C18H33N3O3/c1-19-8-3-9-20(14-13-19)10-5-17(23)21-11-6-18(7-12-21)16(22)4-2-15-24-18/h16,22H,2-15H2,1H3. The molecule has 3 rings (SSSR count). The molecule has 1 atom stereocenters. The van der Waals surface area contributed by atoms with Gasteiger partial charge >= 0.3 is 0 Å². The number of hydrogen-bond acceptors (Lipinski definition) is 5. The number of aliphatic hydroxyl groups excluding tert-OH is 1. The second-order valence-electron chi connectivity index (χ2n) is 7.70. The maximum absolute atomic E-state index is 12.5. The highest BCUT2D eigenvalue weighted by molar-refractivity contribution is 5.76. The molecule has 3 heterocycles. The third-order valence-electron chi connectivity index (χ3n) is 6.04. The summed E-state index contributed by atoms with van der Waals surface area (Å²) in [6, 6.07) is 0. The first-order valence-corrected chi connectivity index (χ1v) is 9.60. The van der Waals surface area contributed by atoms with Crippen molar-refractivity contribution in [1.29, 1.82) is 0 Å². The molecule has 0 radical (unpaired) electrons. The molecule has 3 fully saturated rings. The van der Waals surface area contributed by atoms with Crippen LogP contribution in [0.15, 0.2) is 0 Å². The fourth-order valence-electron chi connectivity index (χ4n) is 4.26. The molecule has 138 valence electrons. The van der Waals surface area contributed by atoms with E-state index >= 15 is 0 Å². The van der Waals surface area contributed by atoms with Gasteiger partial charge in [-0.3, -0.25) is 4.79 Å². The highest BCUT2D eigenvalue weighted by Crippen LogP contribution is 2.35. The van der Waals surface area contributed by atoms with Crippen molar-refractivity contribution in [3.63, 3.8) is 0 Å². The van der Waals surface area contributed by atoms with E-state index in [2.05, 4.69) is 16.8 Å². The Morgan fingerprint density at radius 3 is 2.67 bits per heavy atom. The summed E-state index contributed by atoms with van der Waals surface area (Å²) in [5.41, 5.74) is -0.385. The fourth-order valence-corrected chi connectivity index (χ4v) is 4.26. The summed E-state index contributed by atoms with van der Waals surface area (Å²) >= 11 is 0. The molecule has 0 aromatic carbocycles. The van der Waals surface area contributed by atoms with E-state index in [1.54, 1.807) is 0 Å². The normalized spacial score (nSPS) is 29.6. The molecule has 1 spiro atoms. The Bertz CT molecular complexity index is 424. The van der Waals surface area contributed by atoms with E-state index < -0.39 is 0 Å². The van der Waals surface area contributed by atoms with Crippen molar-refractivity contribution in [3.8, 4) is 0 Å². The first-order valence-electron chi connectivity index (χ1n) is 9.60. The van der Waals surface area contributed by atoms with Crippen LogP contribution in [-0.4, -0.2) is 96.9 Å². The lowest BCUT2D eigenvalue weighted by atomic mass is 9.82. The van der Waals surface area contributed by atoms with E-state index in [1.807, 2.05) is 4.90 Å². The van der Waals surface area contributed by atoms with Gasteiger partial charge in [-0.1, -0.05) is 0 Å². The average molecular weight is 339 g/mol. The lowest BCUT2D eigenvalue weighted by Gasteiger charge is -2.46. The predicted molar refractivity (Wildman–Crippen MR) is 92.9 cm³/mol. The summed E-state index contributed by atoms with van der Waals surface area (Å²) < 4.78 is 5.92. The van der Waals surface area contributed by atoms with Gasteiger partial charge in [0.25, 0.3) is 0 Å². The van der Waals surface area contributed by atoms with Crippen LogP contribution in [0.3, 0.4) is 0 Å². The van der Waals surface area contributed by atoms with Crippen molar-refractivity contribution < 1.29 is 14.6 Å². The zero-order valence-corrected chi connectivity index (χ0v) is 15.1.